The zero-order valence-electron chi connectivity index (χ0n) is 15.3. The number of nitrogens with one attached hydrogen (secondary N) is 1. The molecule has 1 amide bonds. The van der Waals surface area contributed by atoms with Gasteiger partial charge in [-0.1, -0.05) is 25.9 Å². The molecule has 0 aliphatic heterocycles. The van der Waals surface area contributed by atoms with Crippen molar-refractivity contribution in [2.45, 2.75) is 51.7 Å². The lowest BCUT2D eigenvalue weighted by atomic mass is 9.86. The van der Waals surface area contributed by atoms with E-state index in [0.29, 0.717) is 5.56 Å². The zero-order chi connectivity index (χ0) is 20.4. The van der Waals surface area contributed by atoms with Crippen molar-refractivity contribution in [2.75, 3.05) is 6.61 Å². The Morgan fingerprint density at radius 3 is 2.56 bits per heavy atom. The van der Waals surface area contributed by atoms with Crippen molar-refractivity contribution in [2.24, 2.45) is 16.3 Å². The third kappa shape index (κ3) is 5.73. The molecule has 1 unspecified atom stereocenters. The molecule has 1 atom stereocenters. The van der Waals surface area contributed by atoms with Crippen LogP contribution >= 0.6 is 0 Å². The van der Waals surface area contributed by atoms with Crippen LogP contribution in [0.1, 0.15) is 55.6 Å². The monoisotopic (exact) mass is 388 g/mol. The van der Waals surface area contributed by atoms with Crippen LogP contribution in [0.2, 0.25) is 0 Å². The first-order valence-electron chi connectivity index (χ1n) is 8.40. The van der Waals surface area contributed by atoms with Crippen LogP contribution in [0.5, 0.6) is 5.75 Å². The Morgan fingerprint density at radius 2 is 2.07 bits per heavy atom. The number of oxime groups is 1. The number of carbonyl (C=O) groups excluding carboxylic acids is 1. The van der Waals surface area contributed by atoms with E-state index in [9.17, 15) is 18.0 Å². The summed E-state index contributed by atoms with van der Waals surface area (Å²) >= 11 is 0. The summed E-state index contributed by atoms with van der Waals surface area (Å²) in [6.45, 7) is 3.87. The molecule has 1 aliphatic carbocycles. The Kier molecular flexibility index (Phi) is 5.86. The number of hydrogen-bond acceptors (Lipinski definition) is 5. The SMILES string of the molecule is CC(C)(C)C(NC(=O)c1cc(OCC(F)(F)F)c(C2CC2)cn1)/C(N)=N/O. The molecule has 1 aliphatic rings. The lowest BCUT2D eigenvalue weighted by Crippen LogP contribution is -2.52. The molecule has 150 valence electrons. The number of amidine groups is 1. The third-order valence-electron chi connectivity index (χ3n) is 4.09. The van der Waals surface area contributed by atoms with Gasteiger partial charge >= 0.3 is 6.18 Å². The second-order valence-electron chi connectivity index (χ2n) is 7.58. The fourth-order valence-electron chi connectivity index (χ4n) is 2.55. The van der Waals surface area contributed by atoms with Crippen molar-refractivity contribution >= 4 is 11.7 Å². The summed E-state index contributed by atoms with van der Waals surface area (Å²) in [4.78, 5) is 16.6. The van der Waals surface area contributed by atoms with Gasteiger partial charge in [-0.15, -0.1) is 0 Å². The predicted molar refractivity (Wildman–Crippen MR) is 91.9 cm³/mol. The van der Waals surface area contributed by atoms with E-state index in [1.807, 2.05) is 0 Å². The normalized spacial score (nSPS) is 16.7. The highest BCUT2D eigenvalue weighted by Crippen LogP contribution is 2.44. The van der Waals surface area contributed by atoms with Gasteiger partial charge in [0.25, 0.3) is 5.91 Å². The minimum absolute atomic E-state index is 0.00826. The van der Waals surface area contributed by atoms with Gasteiger partial charge in [-0.2, -0.15) is 13.2 Å². The quantitative estimate of drug-likeness (QED) is 0.300. The number of nitrogens with two attached hydrogens (primary N) is 1. The fourth-order valence-corrected chi connectivity index (χ4v) is 2.55. The summed E-state index contributed by atoms with van der Waals surface area (Å²) in [5.41, 5.74) is 5.51. The van der Waals surface area contributed by atoms with E-state index in [-0.39, 0.29) is 23.2 Å². The second kappa shape index (κ2) is 7.61. The van der Waals surface area contributed by atoms with Crippen LogP contribution in [-0.4, -0.2) is 40.8 Å². The number of hydrogen-bond donors (Lipinski definition) is 3. The van der Waals surface area contributed by atoms with Crippen LogP contribution in [-0.2, 0) is 0 Å². The van der Waals surface area contributed by atoms with Gasteiger partial charge in [-0.05, 0) is 24.2 Å². The molecular formula is C17H23F3N4O3. The number of ether oxygens (including phenoxy) is 1. The molecule has 4 N–H and O–H groups in total. The summed E-state index contributed by atoms with van der Waals surface area (Å²) in [5, 5.41) is 14.4. The van der Waals surface area contributed by atoms with Crippen LogP contribution in [0.25, 0.3) is 0 Å². The van der Waals surface area contributed by atoms with Crippen LogP contribution in [0.3, 0.4) is 0 Å². The van der Waals surface area contributed by atoms with E-state index in [2.05, 4.69) is 15.5 Å². The lowest BCUT2D eigenvalue weighted by Gasteiger charge is -2.30. The van der Waals surface area contributed by atoms with Crippen molar-refractivity contribution in [3.63, 3.8) is 0 Å². The Bertz CT molecular complexity index is 725. The molecule has 0 spiro atoms. The molecule has 1 heterocycles. The second-order valence-corrected chi connectivity index (χ2v) is 7.58. The molecule has 1 aromatic rings. The molecule has 0 saturated heterocycles. The summed E-state index contributed by atoms with van der Waals surface area (Å²) in [7, 11) is 0. The van der Waals surface area contributed by atoms with Gasteiger partial charge < -0.3 is 21.0 Å². The van der Waals surface area contributed by atoms with E-state index in [4.69, 9.17) is 15.7 Å². The molecule has 27 heavy (non-hydrogen) atoms. The first kappa shape index (κ1) is 20.8. The van der Waals surface area contributed by atoms with Crippen molar-refractivity contribution in [3.05, 3.63) is 23.5 Å². The Labute approximate surface area is 154 Å². The van der Waals surface area contributed by atoms with Gasteiger partial charge in [0, 0.05) is 17.8 Å². The Balaban J connectivity index is 2.25. The molecule has 7 nitrogen and oxygen atoms in total. The molecule has 0 radical (unpaired) electrons. The molecule has 1 saturated carbocycles. The largest absolute Gasteiger partial charge is 0.484 e. The number of alkyl halides is 3. The predicted octanol–water partition coefficient (Wildman–Crippen LogP) is 2.79. The number of nitrogens with zero attached hydrogens (tertiary/aromatic N) is 2. The first-order valence-corrected chi connectivity index (χ1v) is 8.40. The smallest absolute Gasteiger partial charge is 0.422 e. The van der Waals surface area contributed by atoms with Crippen LogP contribution in [0, 0.1) is 5.41 Å². The minimum Gasteiger partial charge on any atom is -0.484 e. The van der Waals surface area contributed by atoms with E-state index in [1.165, 1.54) is 12.3 Å². The molecule has 10 heteroatoms. The standard InChI is InChI=1S/C17H23F3N4O3/c1-16(2,3)13(14(21)24-26)23-15(25)11-6-12(27-8-17(18,19)20)10(7-22-11)9-4-5-9/h6-7,9,13,26H,4-5,8H2,1-3H3,(H2,21,24)(H,23,25). The van der Waals surface area contributed by atoms with E-state index < -0.39 is 30.1 Å². The average Bonchev–Trinajstić information content (AvgIpc) is 3.39. The molecule has 0 bridgehead atoms. The Morgan fingerprint density at radius 1 is 1.44 bits per heavy atom. The Hall–Kier alpha value is -2.52. The van der Waals surface area contributed by atoms with E-state index >= 15 is 0 Å². The number of aromatic nitrogens is 1. The summed E-state index contributed by atoms with van der Waals surface area (Å²) in [6.07, 6.45) is -1.44. The van der Waals surface area contributed by atoms with E-state index in [0.717, 1.165) is 12.8 Å². The highest BCUT2D eigenvalue weighted by molar-refractivity contribution is 5.97. The van der Waals surface area contributed by atoms with Gasteiger partial charge in [-0.3, -0.25) is 9.78 Å². The third-order valence-corrected chi connectivity index (χ3v) is 4.09. The number of halogens is 3. The van der Waals surface area contributed by atoms with Gasteiger partial charge in [0.2, 0.25) is 0 Å². The molecule has 0 aromatic carbocycles. The zero-order valence-corrected chi connectivity index (χ0v) is 15.3. The van der Waals surface area contributed by atoms with Gasteiger partial charge in [0.05, 0.1) is 6.04 Å². The summed E-state index contributed by atoms with van der Waals surface area (Å²) < 4.78 is 42.4. The molecular weight excluding hydrogens is 365 g/mol. The van der Waals surface area contributed by atoms with Crippen molar-refractivity contribution in [3.8, 4) is 5.75 Å². The summed E-state index contributed by atoms with van der Waals surface area (Å²) in [5.74, 6) is -0.775. The van der Waals surface area contributed by atoms with Gasteiger partial charge in [0.15, 0.2) is 12.4 Å². The minimum atomic E-state index is -4.49. The lowest BCUT2D eigenvalue weighted by molar-refractivity contribution is -0.153. The number of amides is 1. The maximum Gasteiger partial charge on any atom is 0.422 e. The summed E-state index contributed by atoms with van der Waals surface area (Å²) in [6, 6.07) is 0.389. The maximum absolute atomic E-state index is 12.5. The molecule has 1 fully saturated rings. The number of carbonyl (C=O) groups is 1. The molecule has 2 rings (SSSR count). The van der Waals surface area contributed by atoms with E-state index in [1.54, 1.807) is 20.8 Å². The highest BCUT2D eigenvalue weighted by Gasteiger charge is 2.34. The first-order chi connectivity index (χ1) is 12.4. The maximum atomic E-state index is 12.5. The van der Waals surface area contributed by atoms with Gasteiger partial charge in [0.1, 0.15) is 11.4 Å². The highest BCUT2D eigenvalue weighted by atomic mass is 19.4. The van der Waals surface area contributed by atoms with Crippen molar-refractivity contribution in [1.82, 2.24) is 10.3 Å². The average molecular weight is 388 g/mol. The van der Waals surface area contributed by atoms with Crippen LogP contribution in [0.4, 0.5) is 13.2 Å². The molecule has 1 aromatic heterocycles. The van der Waals surface area contributed by atoms with Crippen molar-refractivity contribution < 1.29 is 27.9 Å². The van der Waals surface area contributed by atoms with Crippen molar-refractivity contribution in [1.29, 1.82) is 0 Å². The van der Waals surface area contributed by atoms with Gasteiger partial charge in [-0.25, -0.2) is 0 Å². The number of pyridine rings is 1. The fraction of sp³-hybridized carbons (Fsp3) is 0.588. The number of rotatable bonds is 6. The van der Waals surface area contributed by atoms with Crippen LogP contribution < -0.4 is 15.8 Å². The topological polar surface area (TPSA) is 110 Å². The van der Waals surface area contributed by atoms with Crippen LogP contribution in [0.15, 0.2) is 17.4 Å².